The lowest BCUT2D eigenvalue weighted by molar-refractivity contribution is 0.332. The average Bonchev–Trinajstić information content (AvgIpc) is 2.45. The Morgan fingerprint density at radius 2 is 1.71 bits per heavy atom. The van der Waals surface area contributed by atoms with Gasteiger partial charge in [0.15, 0.2) is 0 Å². The molecule has 0 spiro atoms. The molecule has 112 valence electrons. The van der Waals surface area contributed by atoms with Crippen LogP contribution in [0.2, 0.25) is 0 Å². The number of hydrogen-bond donors (Lipinski definition) is 1. The first-order chi connectivity index (χ1) is 10.1. The number of benzene rings is 2. The van der Waals surface area contributed by atoms with Gasteiger partial charge in [0.05, 0.1) is 6.61 Å². The van der Waals surface area contributed by atoms with Gasteiger partial charge < -0.3 is 10.1 Å². The number of likely N-dealkylation sites (N-methyl/N-ethyl adjacent to an activating group) is 1. The molecule has 0 radical (unpaired) electrons. The quantitative estimate of drug-likeness (QED) is 0.857. The van der Waals surface area contributed by atoms with Gasteiger partial charge in [-0.25, -0.2) is 0 Å². The summed E-state index contributed by atoms with van der Waals surface area (Å²) in [5.74, 6) is 0.976. The molecule has 0 amide bonds. The molecule has 0 fully saturated rings. The maximum absolute atomic E-state index is 5.76. The van der Waals surface area contributed by atoms with Crippen LogP contribution in [0, 0.1) is 13.8 Å². The fourth-order valence-electron chi connectivity index (χ4n) is 2.85. The molecule has 2 aromatic carbocycles. The SMILES string of the molecule is CCOc1ccccc1C(Cc1cc(C)cc(C)c1)NC. The van der Waals surface area contributed by atoms with E-state index < -0.39 is 0 Å². The third-order valence-electron chi connectivity index (χ3n) is 3.66. The minimum Gasteiger partial charge on any atom is -0.494 e. The average molecular weight is 283 g/mol. The van der Waals surface area contributed by atoms with E-state index in [1.807, 2.05) is 26.1 Å². The summed E-state index contributed by atoms with van der Waals surface area (Å²) in [5.41, 5.74) is 5.22. The van der Waals surface area contributed by atoms with Crippen molar-refractivity contribution in [1.82, 2.24) is 5.32 Å². The van der Waals surface area contributed by atoms with Crippen LogP contribution in [0.3, 0.4) is 0 Å². The molecule has 0 aliphatic rings. The normalized spacial score (nSPS) is 12.2. The Kier molecular flexibility index (Phi) is 5.40. The lowest BCUT2D eigenvalue weighted by Gasteiger charge is -2.20. The van der Waals surface area contributed by atoms with Gasteiger partial charge in [0, 0.05) is 11.6 Å². The second kappa shape index (κ2) is 7.28. The van der Waals surface area contributed by atoms with Crippen molar-refractivity contribution in [3.63, 3.8) is 0 Å². The van der Waals surface area contributed by atoms with E-state index >= 15 is 0 Å². The number of ether oxygens (including phenoxy) is 1. The molecule has 0 heterocycles. The third kappa shape index (κ3) is 4.08. The smallest absolute Gasteiger partial charge is 0.124 e. The first-order valence-electron chi connectivity index (χ1n) is 7.60. The summed E-state index contributed by atoms with van der Waals surface area (Å²) in [6.07, 6.45) is 0.961. The number of nitrogens with one attached hydrogen (secondary N) is 1. The summed E-state index contributed by atoms with van der Waals surface area (Å²) in [4.78, 5) is 0. The Morgan fingerprint density at radius 1 is 1.05 bits per heavy atom. The van der Waals surface area contributed by atoms with Gasteiger partial charge >= 0.3 is 0 Å². The van der Waals surface area contributed by atoms with E-state index in [1.165, 1.54) is 22.3 Å². The molecular formula is C19H25NO. The minimum atomic E-state index is 0.258. The number of aryl methyl sites for hydroxylation is 2. The molecule has 0 aliphatic heterocycles. The zero-order valence-corrected chi connectivity index (χ0v) is 13.4. The van der Waals surface area contributed by atoms with E-state index in [0.717, 1.165) is 12.2 Å². The Balaban J connectivity index is 2.27. The maximum atomic E-state index is 5.76. The second-order valence-corrected chi connectivity index (χ2v) is 5.51. The van der Waals surface area contributed by atoms with Crippen LogP contribution in [0.25, 0.3) is 0 Å². The van der Waals surface area contributed by atoms with E-state index in [1.54, 1.807) is 0 Å². The van der Waals surface area contributed by atoms with Crippen molar-refractivity contribution in [3.8, 4) is 5.75 Å². The van der Waals surface area contributed by atoms with Crippen LogP contribution in [-0.4, -0.2) is 13.7 Å². The van der Waals surface area contributed by atoms with Crippen LogP contribution >= 0.6 is 0 Å². The third-order valence-corrected chi connectivity index (χ3v) is 3.66. The highest BCUT2D eigenvalue weighted by molar-refractivity contribution is 5.38. The highest BCUT2D eigenvalue weighted by atomic mass is 16.5. The van der Waals surface area contributed by atoms with Crippen LogP contribution < -0.4 is 10.1 Å². The first-order valence-corrected chi connectivity index (χ1v) is 7.60. The molecule has 0 saturated heterocycles. The monoisotopic (exact) mass is 283 g/mol. The molecule has 1 atom stereocenters. The molecule has 21 heavy (non-hydrogen) atoms. The van der Waals surface area contributed by atoms with E-state index in [9.17, 15) is 0 Å². The summed E-state index contributed by atoms with van der Waals surface area (Å²) in [5, 5.41) is 3.42. The number of hydrogen-bond acceptors (Lipinski definition) is 2. The van der Waals surface area contributed by atoms with Crippen molar-refractivity contribution < 1.29 is 4.74 Å². The molecule has 1 N–H and O–H groups in total. The van der Waals surface area contributed by atoms with Gasteiger partial charge in [0.1, 0.15) is 5.75 Å². The lowest BCUT2D eigenvalue weighted by Crippen LogP contribution is -2.20. The summed E-state index contributed by atoms with van der Waals surface area (Å²) in [6, 6.07) is 15.3. The molecule has 0 aliphatic carbocycles. The van der Waals surface area contributed by atoms with Gasteiger partial charge in [0.2, 0.25) is 0 Å². The van der Waals surface area contributed by atoms with Gasteiger partial charge in [-0.1, -0.05) is 47.5 Å². The molecule has 2 rings (SSSR count). The first kappa shape index (κ1) is 15.6. The molecule has 0 saturated carbocycles. The largest absolute Gasteiger partial charge is 0.494 e. The highest BCUT2D eigenvalue weighted by Gasteiger charge is 2.15. The zero-order chi connectivity index (χ0) is 15.2. The van der Waals surface area contributed by atoms with Crippen molar-refractivity contribution in [1.29, 1.82) is 0 Å². The van der Waals surface area contributed by atoms with E-state index in [4.69, 9.17) is 4.74 Å². The summed E-state index contributed by atoms with van der Waals surface area (Å²) >= 11 is 0. The van der Waals surface area contributed by atoms with Gasteiger partial charge in [-0.3, -0.25) is 0 Å². The van der Waals surface area contributed by atoms with Gasteiger partial charge in [-0.15, -0.1) is 0 Å². The van der Waals surface area contributed by atoms with Crippen LogP contribution in [-0.2, 0) is 6.42 Å². The van der Waals surface area contributed by atoms with E-state index in [0.29, 0.717) is 6.61 Å². The maximum Gasteiger partial charge on any atom is 0.124 e. The lowest BCUT2D eigenvalue weighted by atomic mass is 9.96. The number of rotatable bonds is 6. The van der Waals surface area contributed by atoms with Gasteiger partial charge in [0.25, 0.3) is 0 Å². The molecule has 0 aromatic heterocycles. The fraction of sp³-hybridized carbons (Fsp3) is 0.368. The predicted octanol–water partition coefficient (Wildman–Crippen LogP) is 4.21. The Morgan fingerprint density at radius 3 is 2.33 bits per heavy atom. The second-order valence-electron chi connectivity index (χ2n) is 5.51. The predicted molar refractivity (Wildman–Crippen MR) is 89.0 cm³/mol. The van der Waals surface area contributed by atoms with E-state index in [-0.39, 0.29) is 6.04 Å². The van der Waals surface area contributed by atoms with Crippen molar-refractivity contribution in [2.75, 3.05) is 13.7 Å². The van der Waals surface area contributed by atoms with Crippen LogP contribution in [0.4, 0.5) is 0 Å². The molecule has 2 nitrogen and oxygen atoms in total. The minimum absolute atomic E-state index is 0.258. The van der Waals surface area contributed by atoms with Gasteiger partial charge in [-0.2, -0.15) is 0 Å². The number of para-hydroxylation sites is 1. The van der Waals surface area contributed by atoms with Crippen LogP contribution in [0.1, 0.15) is 35.2 Å². The molecule has 2 heteroatoms. The Labute approximate surface area is 128 Å². The Bertz CT molecular complexity index is 572. The molecule has 0 bridgehead atoms. The Hall–Kier alpha value is -1.80. The summed E-state index contributed by atoms with van der Waals surface area (Å²) in [7, 11) is 2.01. The molecule has 2 aromatic rings. The summed E-state index contributed by atoms with van der Waals surface area (Å²) in [6.45, 7) is 7.02. The zero-order valence-electron chi connectivity index (χ0n) is 13.4. The van der Waals surface area contributed by atoms with Crippen molar-refractivity contribution in [2.24, 2.45) is 0 Å². The van der Waals surface area contributed by atoms with Crippen molar-refractivity contribution >= 4 is 0 Å². The summed E-state index contributed by atoms with van der Waals surface area (Å²) < 4.78 is 5.76. The standard InChI is InChI=1S/C19H25NO/c1-5-21-19-9-7-6-8-17(19)18(20-4)13-16-11-14(2)10-15(3)12-16/h6-12,18,20H,5,13H2,1-4H3. The van der Waals surface area contributed by atoms with Crippen molar-refractivity contribution in [2.45, 2.75) is 33.2 Å². The molecule has 1 unspecified atom stereocenters. The van der Waals surface area contributed by atoms with Crippen LogP contribution in [0.5, 0.6) is 5.75 Å². The van der Waals surface area contributed by atoms with Crippen molar-refractivity contribution in [3.05, 3.63) is 64.7 Å². The topological polar surface area (TPSA) is 21.3 Å². The van der Waals surface area contributed by atoms with E-state index in [2.05, 4.69) is 49.5 Å². The van der Waals surface area contributed by atoms with Gasteiger partial charge in [-0.05, 0) is 45.9 Å². The molecular weight excluding hydrogens is 258 g/mol. The van der Waals surface area contributed by atoms with Crippen LogP contribution in [0.15, 0.2) is 42.5 Å². The highest BCUT2D eigenvalue weighted by Crippen LogP contribution is 2.28. The fourth-order valence-corrected chi connectivity index (χ4v) is 2.85.